The third kappa shape index (κ3) is 2.47. The Balaban J connectivity index is 2.13. The quantitative estimate of drug-likeness (QED) is 0.795. The zero-order valence-corrected chi connectivity index (χ0v) is 11.7. The van der Waals surface area contributed by atoms with E-state index in [-0.39, 0.29) is 6.42 Å². The lowest BCUT2D eigenvalue weighted by atomic mass is 10.0. The largest absolute Gasteiger partial charge is 0.481 e. The van der Waals surface area contributed by atoms with E-state index >= 15 is 0 Å². The minimum absolute atomic E-state index is 0.204. The molecular weight excluding hydrogens is 268 g/mol. The Morgan fingerprint density at radius 1 is 1.19 bits per heavy atom. The molecule has 3 aromatic rings. The summed E-state index contributed by atoms with van der Waals surface area (Å²) in [6.45, 7) is 4.07. The highest BCUT2D eigenvalue weighted by Gasteiger charge is 2.12. The first-order valence-electron chi connectivity index (χ1n) is 6.55. The highest BCUT2D eigenvalue weighted by Crippen LogP contribution is 2.22. The molecule has 2 heterocycles. The molecule has 0 bridgehead atoms. The molecule has 3 rings (SSSR count). The molecular formula is C15H14N4O2. The molecule has 0 aliphatic rings. The van der Waals surface area contributed by atoms with Gasteiger partial charge in [0.15, 0.2) is 11.5 Å². The molecule has 21 heavy (non-hydrogen) atoms. The second kappa shape index (κ2) is 4.97. The fourth-order valence-corrected chi connectivity index (χ4v) is 2.32. The van der Waals surface area contributed by atoms with Crippen molar-refractivity contribution in [3.8, 4) is 11.3 Å². The van der Waals surface area contributed by atoms with E-state index in [0.717, 1.165) is 16.8 Å². The van der Waals surface area contributed by atoms with Crippen LogP contribution in [-0.2, 0) is 11.2 Å². The number of carboxylic acid groups (broad SMARTS) is 1. The second-order valence-corrected chi connectivity index (χ2v) is 4.99. The van der Waals surface area contributed by atoms with Crippen molar-refractivity contribution in [1.82, 2.24) is 19.8 Å². The first-order chi connectivity index (χ1) is 10.0. The van der Waals surface area contributed by atoms with Crippen LogP contribution in [0.4, 0.5) is 0 Å². The van der Waals surface area contributed by atoms with Crippen LogP contribution in [0.3, 0.4) is 0 Å². The first kappa shape index (κ1) is 13.2. The van der Waals surface area contributed by atoms with E-state index in [4.69, 9.17) is 5.11 Å². The Morgan fingerprint density at radius 2 is 2.00 bits per heavy atom. The maximum atomic E-state index is 10.8. The van der Waals surface area contributed by atoms with Gasteiger partial charge >= 0.3 is 5.97 Å². The minimum Gasteiger partial charge on any atom is -0.481 e. The molecule has 0 radical (unpaired) electrons. The van der Waals surface area contributed by atoms with E-state index < -0.39 is 5.97 Å². The Bertz CT molecular complexity index is 839. The summed E-state index contributed by atoms with van der Waals surface area (Å²) in [5.74, 6) is -0.632. The maximum absolute atomic E-state index is 10.8. The summed E-state index contributed by atoms with van der Waals surface area (Å²) in [4.78, 5) is 10.8. The number of rotatable bonds is 3. The predicted octanol–water partition coefficient (Wildman–Crippen LogP) is 2.04. The Hall–Kier alpha value is -2.76. The molecule has 6 heteroatoms. The van der Waals surface area contributed by atoms with Gasteiger partial charge in [0.25, 0.3) is 0 Å². The number of hydrogen-bond donors (Lipinski definition) is 1. The lowest BCUT2D eigenvalue weighted by molar-refractivity contribution is -0.136. The summed E-state index contributed by atoms with van der Waals surface area (Å²) < 4.78 is 1.49. The third-order valence-electron chi connectivity index (χ3n) is 3.29. The molecule has 2 aromatic heterocycles. The van der Waals surface area contributed by atoms with Gasteiger partial charge in [-0.25, -0.2) is 0 Å². The zero-order chi connectivity index (χ0) is 15.0. The molecule has 0 saturated carbocycles. The van der Waals surface area contributed by atoms with Gasteiger partial charge in [0.1, 0.15) is 6.42 Å². The summed E-state index contributed by atoms with van der Waals surface area (Å²) in [5, 5.41) is 21.2. The van der Waals surface area contributed by atoms with Gasteiger partial charge in [-0.3, -0.25) is 4.79 Å². The molecule has 0 amide bonds. The normalized spacial score (nSPS) is 11.0. The molecule has 0 spiro atoms. The van der Waals surface area contributed by atoms with Crippen molar-refractivity contribution in [1.29, 1.82) is 0 Å². The lowest BCUT2D eigenvalue weighted by Gasteiger charge is -2.07. The minimum atomic E-state index is -0.956. The Morgan fingerprint density at radius 3 is 2.71 bits per heavy atom. The standard InChI is InChI=1S/C15H14N4O2/c1-9-3-4-11(10(2)7-9)12-5-6-13-16-17-14(8-15(20)21)19(13)18-12/h3-7H,8H2,1-2H3,(H,20,21). The van der Waals surface area contributed by atoms with Crippen LogP contribution in [0.5, 0.6) is 0 Å². The molecule has 0 aliphatic heterocycles. The molecule has 0 saturated heterocycles. The van der Waals surface area contributed by atoms with Gasteiger partial charge in [-0.15, -0.1) is 10.2 Å². The summed E-state index contributed by atoms with van der Waals surface area (Å²) in [7, 11) is 0. The number of aromatic nitrogens is 4. The fourth-order valence-electron chi connectivity index (χ4n) is 2.32. The van der Waals surface area contributed by atoms with Gasteiger partial charge in [-0.05, 0) is 31.5 Å². The number of aryl methyl sites for hydroxylation is 2. The van der Waals surface area contributed by atoms with Crippen LogP contribution in [0, 0.1) is 13.8 Å². The molecule has 0 fully saturated rings. The van der Waals surface area contributed by atoms with E-state index in [0.29, 0.717) is 11.5 Å². The van der Waals surface area contributed by atoms with Crippen LogP contribution in [-0.4, -0.2) is 30.9 Å². The smallest absolute Gasteiger partial charge is 0.311 e. The highest BCUT2D eigenvalue weighted by atomic mass is 16.4. The van der Waals surface area contributed by atoms with Crippen molar-refractivity contribution < 1.29 is 9.90 Å². The predicted molar refractivity (Wildman–Crippen MR) is 77.0 cm³/mol. The van der Waals surface area contributed by atoms with Crippen LogP contribution in [0.1, 0.15) is 17.0 Å². The highest BCUT2D eigenvalue weighted by molar-refractivity contribution is 5.69. The summed E-state index contributed by atoms with van der Waals surface area (Å²) in [6.07, 6.45) is -0.204. The number of benzene rings is 1. The van der Waals surface area contributed by atoms with Crippen LogP contribution >= 0.6 is 0 Å². The lowest BCUT2D eigenvalue weighted by Crippen LogP contribution is -2.07. The number of aliphatic carboxylic acids is 1. The van der Waals surface area contributed by atoms with Crippen molar-refractivity contribution in [2.24, 2.45) is 0 Å². The van der Waals surface area contributed by atoms with Crippen molar-refractivity contribution in [3.63, 3.8) is 0 Å². The molecule has 6 nitrogen and oxygen atoms in total. The first-order valence-corrected chi connectivity index (χ1v) is 6.55. The SMILES string of the molecule is Cc1ccc(-c2ccc3nnc(CC(=O)O)n3n2)c(C)c1. The Kier molecular flexibility index (Phi) is 3.13. The van der Waals surface area contributed by atoms with Crippen molar-refractivity contribution in [2.45, 2.75) is 20.3 Å². The second-order valence-electron chi connectivity index (χ2n) is 4.99. The van der Waals surface area contributed by atoms with Crippen molar-refractivity contribution in [3.05, 3.63) is 47.3 Å². The Labute approximate surface area is 121 Å². The molecule has 1 aromatic carbocycles. The van der Waals surface area contributed by atoms with Gasteiger partial charge in [0.05, 0.1) is 5.69 Å². The number of carboxylic acids is 1. The monoisotopic (exact) mass is 282 g/mol. The van der Waals surface area contributed by atoms with Gasteiger partial charge in [0, 0.05) is 5.56 Å². The van der Waals surface area contributed by atoms with E-state index in [1.807, 2.05) is 32.0 Å². The van der Waals surface area contributed by atoms with Crippen LogP contribution < -0.4 is 0 Å². The van der Waals surface area contributed by atoms with Crippen LogP contribution in [0.25, 0.3) is 16.9 Å². The van der Waals surface area contributed by atoms with E-state index in [1.165, 1.54) is 10.1 Å². The topological polar surface area (TPSA) is 80.4 Å². The average Bonchev–Trinajstić information content (AvgIpc) is 2.80. The number of nitrogens with zero attached hydrogens (tertiary/aromatic N) is 4. The fraction of sp³-hybridized carbons (Fsp3) is 0.200. The molecule has 0 atom stereocenters. The van der Waals surface area contributed by atoms with Crippen molar-refractivity contribution in [2.75, 3.05) is 0 Å². The third-order valence-corrected chi connectivity index (χ3v) is 3.29. The maximum Gasteiger partial charge on any atom is 0.311 e. The van der Waals surface area contributed by atoms with Crippen molar-refractivity contribution >= 4 is 11.6 Å². The summed E-state index contributed by atoms with van der Waals surface area (Å²) in [5.41, 5.74) is 4.63. The average molecular weight is 282 g/mol. The number of carbonyl (C=O) groups is 1. The van der Waals surface area contributed by atoms with Gasteiger partial charge < -0.3 is 5.11 Å². The number of hydrogen-bond acceptors (Lipinski definition) is 4. The van der Waals surface area contributed by atoms with Gasteiger partial charge in [-0.1, -0.05) is 23.8 Å². The van der Waals surface area contributed by atoms with Crippen LogP contribution in [0.15, 0.2) is 30.3 Å². The molecule has 0 aliphatic carbocycles. The summed E-state index contributed by atoms with van der Waals surface area (Å²) in [6, 6.07) is 9.79. The molecule has 1 N–H and O–H groups in total. The number of fused-ring (bicyclic) bond motifs is 1. The van der Waals surface area contributed by atoms with E-state index in [1.54, 1.807) is 6.07 Å². The van der Waals surface area contributed by atoms with E-state index in [9.17, 15) is 4.79 Å². The zero-order valence-electron chi connectivity index (χ0n) is 11.7. The summed E-state index contributed by atoms with van der Waals surface area (Å²) >= 11 is 0. The van der Waals surface area contributed by atoms with Crippen LogP contribution in [0.2, 0.25) is 0 Å². The van der Waals surface area contributed by atoms with Gasteiger partial charge in [0.2, 0.25) is 0 Å². The van der Waals surface area contributed by atoms with Gasteiger partial charge in [-0.2, -0.15) is 9.61 Å². The van der Waals surface area contributed by atoms with E-state index in [2.05, 4.69) is 21.4 Å². The molecule has 0 unspecified atom stereocenters. The molecule has 106 valence electrons.